The maximum absolute atomic E-state index is 11.2. The Bertz CT molecular complexity index is 308. The van der Waals surface area contributed by atoms with Crippen LogP contribution >= 0.6 is 30.3 Å². The van der Waals surface area contributed by atoms with Crippen molar-refractivity contribution in [2.24, 2.45) is 0 Å². The van der Waals surface area contributed by atoms with E-state index < -0.39 is 0 Å². The van der Waals surface area contributed by atoms with Gasteiger partial charge >= 0.3 is 5.97 Å². The Labute approximate surface area is 92.2 Å². The molecule has 0 aliphatic carbocycles. The number of anilines is 1. The molecule has 0 aliphatic rings. The first-order valence-corrected chi connectivity index (χ1v) is 6.72. The van der Waals surface area contributed by atoms with Crippen molar-refractivity contribution < 1.29 is 9.53 Å². The number of aromatic nitrogens is 1. The first-order chi connectivity index (χ1) is 6.29. The molecule has 0 amide bonds. The number of esters is 1. The highest BCUT2D eigenvalue weighted by Crippen LogP contribution is 2.19. The molecule has 4 nitrogen and oxygen atoms in total. The van der Waals surface area contributed by atoms with Gasteiger partial charge < -0.3 is 9.46 Å². The van der Waals surface area contributed by atoms with Crippen LogP contribution in [0.25, 0.3) is 0 Å². The first kappa shape index (κ1) is 10.6. The van der Waals surface area contributed by atoms with Crippen LogP contribution in [0.4, 0.5) is 5.82 Å². The highest BCUT2D eigenvalue weighted by atomic mass is 127. The standard InChI is InChI=1S/C7H7IN2O2S/c1-12-7(11)5-3-2-4-9-6(5)10-13-8/h2-4H,1H3,(H,9,10). The van der Waals surface area contributed by atoms with Crippen molar-refractivity contribution in [3.05, 3.63) is 23.9 Å². The molecule has 1 aromatic rings. The van der Waals surface area contributed by atoms with E-state index in [4.69, 9.17) is 0 Å². The molecule has 1 N–H and O–H groups in total. The number of halogens is 1. The largest absolute Gasteiger partial charge is 0.465 e. The van der Waals surface area contributed by atoms with Gasteiger partial charge in [0.15, 0.2) is 5.82 Å². The summed E-state index contributed by atoms with van der Waals surface area (Å²) in [5, 5.41) is 0. The number of hydrogen-bond donors (Lipinski definition) is 1. The van der Waals surface area contributed by atoms with Crippen molar-refractivity contribution in [1.82, 2.24) is 4.98 Å². The van der Waals surface area contributed by atoms with Gasteiger partial charge in [0.25, 0.3) is 0 Å². The predicted octanol–water partition coefficient (Wildman–Crippen LogP) is 2.28. The van der Waals surface area contributed by atoms with E-state index in [0.29, 0.717) is 11.4 Å². The van der Waals surface area contributed by atoms with Crippen LogP contribution in [0.15, 0.2) is 18.3 Å². The monoisotopic (exact) mass is 310 g/mol. The summed E-state index contributed by atoms with van der Waals surface area (Å²) in [6.07, 6.45) is 1.61. The Morgan fingerprint density at radius 2 is 2.54 bits per heavy atom. The van der Waals surface area contributed by atoms with Gasteiger partial charge in [-0.25, -0.2) is 9.78 Å². The second kappa shape index (κ2) is 5.28. The van der Waals surface area contributed by atoms with E-state index in [1.54, 1.807) is 18.3 Å². The molecule has 70 valence electrons. The average Bonchev–Trinajstić information content (AvgIpc) is 2.18. The summed E-state index contributed by atoms with van der Waals surface area (Å²) in [4.78, 5) is 15.2. The Morgan fingerprint density at radius 1 is 1.77 bits per heavy atom. The second-order valence-electron chi connectivity index (χ2n) is 2.07. The second-order valence-corrected chi connectivity index (χ2v) is 3.75. The third-order valence-corrected chi connectivity index (χ3v) is 2.28. The van der Waals surface area contributed by atoms with Crippen molar-refractivity contribution >= 4 is 42.1 Å². The van der Waals surface area contributed by atoms with Crippen LogP contribution in [0.3, 0.4) is 0 Å². The van der Waals surface area contributed by atoms with Crippen LogP contribution in [0.2, 0.25) is 0 Å². The summed E-state index contributed by atoms with van der Waals surface area (Å²) >= 11 is 2.06. The Balaban J connectivity index is 2.97. The molecule has 13 heavy (non-hydrogen) atoms. The smallest absolute Gasteiger partial charge is 0.341 e. The third-order valence-electron chi connectivity index (χ3n) is 1.35. The van der Waals surface area contributed by atoms with Crippen LogP contribution < -0.4 is 4.72 Å². The predicted molar refractivity (Wildman–Crippen MR) is 60.8 cm³/mol. The summed E-state index contributed by atoms with van der Waals surface area (Å²) in [5.41, 5.74) is 0.439. The minimum atomic E-state index is -0.388. The van der Waals surface area contributed by atoms with Gasteiger partial charge in [-0.05, 0) is 12.1 Å². The van der Waals surface area contributed by atoms with Crippen LogP contribution in [-0.4, -0.2) is 18.1 Å². The Hall–Kier alpha value is -0.500. The lowest BCUT2D eigenvalue weighted by molar-refractivity contribution is 0.0601. The van der Waals surface area contributed by atoms with E-state index in [1.807, 2.05) is 0 Å². The molecule has 0 saturated carbocycles. The van der Waals surface area contributed by atoms with Crippen molar-refractivity contribution in [3.63, 3.8) is 0 Å². The fourth-order valence-corrected chi connectivity index (χ4v) is 1.66. The number of nitrogens with one attached hydrogen (secondary N) is 1. The minimum absolute atomic E-state index is 0.388. The summed E-state index contributed by atoms with van der Waals surface area (Å²) in [6.45, 7) is 0. The van der Waals surface area contributed by atoms with Crippen molar-refractivity contribution in [2.75, 3.05) is 11.8 Å². The summed E-state index contributed by atoms with van der Waals surface area (Å²) in [5.74, 6) is 0.134. The number of nitrogens with zero attached hydrogens (tertiary/aromatic N) is 1. The SMILES string of the molecule is COC(=O)c1cccnc1NSI. The zero-order valence-corrected chi connectivity index (χ0v) is 9.76. The van der Waals surface area contributed by atoms with Gasteiger partial charge in [-0.2, -0.15) is 0 Å². The van der Waals surface area contributed by atoms with Gasteiger partial charge in [-0.1, -0.05) is 0 Å². The van der Waals surface area contributed by atoms with Gasteiger partial charge in [0, 0.05) is 36.5 Å². The lowest BCUT2D eigenvalue weighted by Gasteiger charge is -2.04. The minimum Gasteiger partial charge on any atom is -0.465 e. The van der Waals surface area contributed by atoms with Crippen molar-refractivity contribution in [1.29, 1.82) is 0 Å². The number of hydrogen-bond acceptors (Lipinski definition) is 5. The van der Waals surface area contributed by atoms with Gasteiger partial charge in [-0.3, -0.25) is 0 Å². The molecule has 0 aliphatic heterocycles. The average molecular weight is 310 g/mol. The summed E-state index contributed by atoms with van der Waals surface area (Å²) in [7, 11) is 2.69. The van der Waals surface area contributed by atoms with Gasteiger partial charge in [0.05, 0.1) is 7.11 Å². The van der Waals surface area contributed by atoms with Gasteiger partial charge in [0.1, 0.15) is 5.56 Å². The van der Waals surface area contributed by atoms with Gasteiger partial charge in [0.2, 0.25) is 0 Å². The van der Waals surface area contributed by atoms with Crippen molar-refractivity contribution in [2.45, 2.75) is 0 Å². The summed E-state index contributed by atoms with van der Waals surface area (Å²) in [6, 6.07) is 3.35. The van der Waals surface area contributed by atoms with E-state index in [1.165, 1.54) is 16.2 Å². The molecule has 1 rings (SSSR count). The molecule has 0 aromatic carbocycles. The molecule has 0 saturated heterocycles. The fourth-order valence-electron chi connectivity index (χ4n) is 0.798. The van der Waals surface area contributed by atoms with E-state index in [0.717, 1.165) is 0 Å². The lowest BCUT2D eigenvalue weighted by atomic mass is 10.2. The van der Waals surface area contributed by atoms with E-state index in [9.17, 15) is 4.79 Å². The van der Waals surface area contributed by atoms with Crippen LogP contribution in [0.1, 0.15) is 10.4 Å². The van der Waals surface area contributed by atoms with E-state index >= 15 is 0 Å². The van der Waals surface area contributed by atoms with Crippen LogP contribution in [-0.2, 0) is 4.74 Å². The molecular formula is C7H7IN2O2S. The lowest BCUT2D eigenvalue weighted by Crippen LogP contribution is -2.05. The highest BCUT2D eigenvalue weighted by molar-refractivity contribution is 14.2. The molecule has 0 fully saturated rings. The molecule has 0 unspecified atom stereocenters. The zero-order chi connectivity index (χ0) is 9.68. The van der Waals surface area contributed by atoms with E-state index in [-0.39, 0.29) is 5.97 Å². The first-order valence-electron chi connectivity index (χ1n) is 3.36. The number of methoxy groups -OCH3 is 1. The van der Waals surface area contributed by atoms with Crippen LogP contribution in [0, 0.1) is 0 Å². The normalized spacial score (nSPS) is 9.38. The van der Waals surface area contributed by atoms with E-state index in [2.05, 4.69) is 35.6 Å². The third kappa shape index (κ3) is 2.73. The molecule has 0 spiro atoms. The quantitative estimate of drug-likeness (QED) is 0.527. The maximum atomic E-state index is 11.2. The molecule has 0 atom stereocenters. The number of carbonyl (C=O) groups is 1. The zero-order valence-electron chi connectivity index (χ0n) is 6.78. The molecular weight excluding hydrogens is 303 g/mol. The Kier molecular flexibility index (Phi) is 4.29. The Morgan fingerprint density at radius 3 is 3.15 bits per heavy atom. The molecule has 1 aromatic heterocycles. The maximum Gasteiger partial charge on any atom is 0.341 e. The number of ether oxygens (including phenoxy) is 1. The topological polar surface area (TPSA) is 51.2 Å². The number of rotatable bonds is 3. The fraction of sp³-hybridized carbons (Fsp3) is 0.143. The molecule has 0 bridgehead atoms. The highest BCUT2D eigenvalue weighted by Gasteiger charge is 2.11. The van der Waals surface area contributed by atoms with Crippen molar-refractivity contribution in [3.8, 4) is 0 Å². The molecule has 6 heteroatoms. The number of pyridine rings is 1. The summed E-state index contributed by atoms with van der Waals surface area (Å²) < 4.78 is 7.48. The van der Waals surface area contributed by atoms with Gasteiger partial charge in [-0.15, -0.1) is 0 Å². The molecule has 1 heterocycles. The molecule has 0 radical (unpaired) electrons. The van der Waals surface area contributed by atoms with Crippen LogP contribution in [0.5, 0.6) is 0 Å². The number of carbonyl (C=O) groups excluding carboxylic acids is 1.